The van der Waals surface area contributed by atoms with Crippen LogP contribution in [0.4, 0.5) is 23.2 Å². The van der Waals surface area contributed by atoms with Gasteiger partial charge in [0.2, 0.25) is 5.91 Å². The zero-order chi connectivity index (χ0) is 33.4. The van der Waals surface area contributed by atoms with E-state index >= 15 is 4.39 Å². The minimum atomic E-state index is -5.64. The van der Waals surface area contributed by atoms with Crippen LogP contribution in [-0.2, 0) is 25.8 Å². The first-order valence-electron chi connectivity index (χ1n) is 14.1. The lowest BCUT2D eigenvalue weighted by Gasteiger charge is -2.31. The molecular weight excluding hydrogens is 636 g/mol. The third-order valence-corrected chi connectivity index (χ3v) is 9.83. The largest absolute Gasteiger partial charge is 0.501 e. The van der Waals surface area contributed by atoms with Crippen LogP contribution in [0.3, 0.4) is 0 Å². The number of methoxy groups -OCH3 is 1. The van der Waals surface area contributed by atoms with E-state index in [0.717, 1.165) is 24.3 Å². The number of hydrogen-bond acceptors (Lipinski definition) is 8. The highest BCUT2D eigenvalue weighted by molar-refractivity contribution is 7.92. The molecule has 16 heteroatoms. The van der Waals surface area contributed by atoms with Crippen LogP contribution < -0.4 is 15.4 Å². The van der Waals surface area contributed by atoms with Crippen LogP contribution in [0.1, 0.15) is 41.7 Å². The Hall–Kier alpha value is -4.60. The number of anilines is 1. The molecule has 2 fully saturated rings. The number of carbonyl (C=O) groups is 3. The molecule has 11 nitrogen and oxygen atoms in total. The van der Waals surface area contributed by atoms with E-state index in [1.165, 1.54) is 31.6 Å². The molecule has 2 saturated carbocycles. The van der Waals surface area contributed by atoms with Crippen molar-refractivity contribution in [3.8, 4) is 17.0 Å². The van der Waals surface area contributed by atoms with Crippen LogP contribution in [0, 0.1) is 23.6 Å². The van der Waals surface area contributed by atoms with Crippen LogP contribution in [-0.4, -0.2) is 59.9 Å². The predicted molar refractivity (Wildman–Crippen MR) is 154 cm³/mol. The van der Waals surface area contributed by atoms with Crippen LogP contribution >= 0.6 is 0 Å². The lowest BCUT2D eigenvalue weighted by molar-refractivity contribution is -0.137. The molecule has 5 rings (SSSR count). The third-order valence-electron chi connectivity index (χ3n) is 8.34. The molecule has 244 valence electrons. The Morgan fingerprint density at radius 2 is 1.80 bits per heavy atom. The second-order valence-corrected chi connectivity index (χ2v) is 13.1. The van der Waals surface area contributed by atoms with Gasteiger partial charge in [-0.1, -0.05) is 6.07 Å². The molecule has 3 N–H and O–H groups in total. The van der Waals surface area contributed by atoms with Crippen LogP contribution in [0.25, 0.3) is 11.3 Å². The molecule has 1 aromatic heterocycles. The van der Waals surface area contributed by atoms with Crippen molar-refractivity contribution < 1.29 is 50.2 Å². The number of aromatic nitrogens is 2. The van der Waals surface area contributed by atoms with Gasteiger partial charge in [-0.15, -0.1) is 0 Å². The summed E-state index contributed by atoms with van der Waals surface area (Å²) in [4.78, 5) is 45.2. The van der Waals surface area contributed by atoms with Gasteiger partial charge in [-0.05, 0) is 55.4 Å². The molecule has 2 aliphatic rings. The zero-order valence-corrected chi connectivity index (χ0v) is 25.0. The number of nitrogens with one attached hydrogen (secondary N) is 2. The number of amides is 2. The first-order valence-corrected chi connectivity index (χ1v) is 15.6. The van der Waals surface area contributed by atoms with Crippen molar-refractivity contribution in [3.63, 3.8) is 0 Å². The number of carbonyl (C=O) groups excluding carboxylic acids is 2. The topological polar surface area (TPSA) is 165 Å². The molecule has 0 unspecified atom stereocenters. The minimum Gasteiger partial charge on any atom is -0.496 e. The van der Waals surface area contributed by atoms with Crippen molar-refractivity contribution in [3.05, 3.63) is 65.9 Å². The fourth-order valence-electron chi connectivity index (χ4n) is 6.16. The van der Waals surface area contributed by atoms with Gasteiger partial charge >= 0.3 is 11.5 Å². The molecule has 0 aliphatic heterocycles. The van der Waals surface area contributed by atoms with Gasteiger partial charge < -0.3 is 20.5 Å². The molecule has 2 bridgehead atoms. The average molecular weight is 665 g/mol. The van der Waals surface area contributed by atoms with Gasteiger partial charge in [-0.2, -0.15) is 13.2 Å². The number of halogens is 4. The number of benzene rings is 2. The normalized spacial score (nSPS) is 20.7. The molecular formula is C30H28F4N4O7S. The molecule has 1 heterocycles. The Morgan fingerprint density at radius 3 is 2.46 bits per heavy atom. The Bertz CT molecular complexity index is 1780. The Balaban J connectivity index is 1.37. The summed E-state index contributed by atoms with van der Waals surface area (Å²) in [6.07, 6.45) is 4.54. The van der Waals surface area contributed by atoms with Crippen molar-refractivity contribution in [2.45, 2.75) is 48.5 Å². The second kappa shape index (κ2) is 12.7. The highest BCUT2D eigenvalue weighted by atomic mass is 32.2. The first kappa shape index (κ1) is 32.8. The first-order chi connectivity index (χ1) is 21.7. The van der Waals surface area contributed by atoms with E-state index in [4.69, 9.17) is 9.84 Å². The summed E-state index contributed by atoms with van der Waals surface area (Å²) in [5.41, 5.74) is -5.33. The maximum absolute atomic E-state index is 15.1. The molecule has 2 aliphatic carbocycles. The Kier molecular flexibility index (Phi) is 9.02. The van der Waals surface area contributed by atoms with E-state index in [0.29, 0.717) is 25.0 Å². The van der Waals surface area contributed by atoms with Gasteiger partial charge in [0.1, 0.15) is 11.6 Å². The van der Waals surface area contributed by atoms with E-state index in [1.807, 2.05) is 0 Å². The smallest absolute Gasteiger partial charge is 0.496 e. The van der Waals surface area contributed by atoms with Crippen molar-refractivity contribution in [1.82, 2.24) is 15.3 Å². The molecule has 0 saturated heterocycles. The van der Waals surface area contributed by atoms with Crippen LogP contribution in [0.5, 0.6) is 5.75 Å². The summed E-state index contributed by atoms with van der Waals surface area (Å²) in [5.74, 6) is -4.12. The summed E-state index contributed by atoms with van der Waals surface area (Å²) in [6.45, 7) is 0. The van der Waals surface area contributed by atoms with E-state index in [9.17, 15) is 36.0 Å². The summed E-state index contributed by atoms with van der Waals surface area (Å²) < 4.78 is 83.3. The van der Waals surface area contributed by atoms with Crippen molar-refractivity contribution in [1.29, 1.82) is 0 Å². The van der Waals surface area contributed by atoms with Gasteiger partial charge in [0.15, 0.2) is 0 Å². The van der Waals surface area contributed by atoms with E-state index in [2.05, 4.69) is 20.6 Å². The molecule has 2 aromatic carbocycles. The van der Waals surface area contributed by atoms with E-state index in [-0.39, 0.29) is 52.9 Å². The number of aryl methyl sites for hydroxylation is 1. The van der Waals surface area contributed by atoms with Crippen LogP contribution in [0.15, 0.2) is 53.7 Å². The number of aliphatic carboxylic acids is 1. The molecule has 3 aromatic rings. The molecule has 0 spiro atoms. The standard InChI is InChI=1S/C30H28F4N4O7S/c1-45-24-12-22(31)20(23-14-35-18(13-36-23)7-8-25(39)40)11-21(24)28(41)38-27-16-6-5-15(9-16)26(27)29(42)37-17-3-2-4-19(10-17)46(43,44)30(32,33)34/h2-4,10-16,26-27H,5-9H2,1H3,(H,37,42)(H,38,41)(H,39,40)/t15-,16+,26-,27+/m1/s1. The van der Waals surface area contributed by atoms with Crippen molar-refractivity contribution in [2.75, 3.05) is 12.4 Å². The van der Waals surface area contributed by atoms with Gasteiger partial charge in [-0.25, -0.2) is 12.8 Å². The summed E-state index contributed by atoms with van der Waals surface area (Å²) in [6, 6.07) is 5.43. The molecule has 2 amide bonds. The number of alkyl halides is 3. The van der Waals surface area contributed by atoms with E-state index < -0.39 is 55.8 Å². The predicted octanol–water partition coefficient (Wildman–Crippen LogP) is 4.39. The fourth-order valence-corrected chi connectivity index (χ4v) is 6.97. The van der Waals surface area contributed by atoms with E-state index in [1.54, 1.807) is 0 Å². The summed E-state index contributed by atoms with van der Waals surface area (Å²) in [7, 11) is -4.38. The second-order valence-electron chi connectivity index (χ2n) is 11.1. The highest BCUT2D eigenvalue weighted by Crippen LogP contribution is 2.49. The number of rotatable bonds is 10. The number of fused-ring (bicyclic) bond motifs is 2. The maximum atomic E-state index is 15.1. The SMILES string of the molecule is COc1cc(F)c(-c2cnc(CCC(=O)O)cn2)cc1C(=O)N[C@H]1[C@H]2CC[C@H](C2)[C@H]1C(=O)Nc1cccc(S(=O)(=O)C(F)(F)F)c1. The molecule has 4 atom stereocenters. The number of carboxylic acid groups (broad SMARTS) is 1. The van der Waals surface area contributed by atoms with Gasteiger partial charge in [0, 0.05) is 36.0 Å². The fraction of sp³-hybridized carbons (Fsp3) is 0.367. The highest BCUT2D eigenvalue weighted by Gasteiger charge is 2.52. The van der Waals surface area contributed by atoms with Crippen LogP contribution in [0.2, 0.25) is 0 Å². The Labute approximate surface area is 260 Å². The zero-order valence-electron chi connectivity index (χ0n) is 24.2. The number of nitrogens with zero attached hydrogens (tertiary/aromatic N) is 2. The number of carboxylic acids is 1. The lowest BCUT2D eigenvalue weighted by Crippen LogP contribution is -2.48. The monoisotopic (exact) mass is 664 g/mol. The van der Waals surface area contributed by atoms with Gasteiger partial charge in [0.25, 0.3) is 15.7 Å². The van der Waals surface area contributed by atoms with Crippen molar-refractivity contribution in [2.24, 2.45) is 17.8 Å². The molecule has 46 heavy (non-hydrogen) atoms. The van der Waals surface area contributed by atoms with Crippen molar-refractivity contribution >= 4 is 33.3 Å². The number of ether oxygens (including phenoxy) is 1. The molecule has 0 radical (unpaired) electrons. The summed E-state index contributed by atoms with van der Waals surface area (Å²) in [5, 5.41) is 14.2. The quantitative estimate of drug-likeness (QED) is 0.267. The third kappa shape index (κ3) is 6.52. The number of sulfone groups is 1. The maximum Gasteiger partial charge on any atom is 0.501 e. The Morgan fingerprint density at radius 1 is 1.07 bits per heavy atom. The summed E-state index contributed by atoms with van der Waals surface area (Å²) >= 11 is 0. The van der Waals surface area contributed by atoms with Gasteiger partial charge in [0.05, 0.1) is 47.5 Å². The average Bonchev–Trinajstić information content (AvgIpc) is 3.62. The number of hydrogen-bond donors (Lipinski definition) is 3. The minimum absolute atomic E-state index is 0.0531. The lowest BCUT2D eigenvalue weighted by atomic mass is 9.83. The van der Waals surface area contributed by atoms with Gasteiger partial charge in [-0.3, -0.25) is 24.4 Å².